The molecule has 0 spiro atoms. The lowest BCUT2D eigenvalue weighted by atomic mass is 10.0. The average Bonchev–Trinajstić information content (AvgIpc) is 3.15. The number of carbonyl (C=O) groups is 4. The van der Waals surface area contributed by atoms with Gasteiger partial charge in [-0.25, -0.2) is 9.59 Å². The number of hydrogen-bond donors (Lipinski definition) is 2. The Morgan fingerprint density at radius 1 is 1.18 bits per heavy atom. The summed E-state index contributed by atoms with van der Waals surface area (Å²) >= 11 is 6.19. The van der Waals surface area contributed by atoms with Crippen molar-refractivity contribution >= 4 is 35.5 Å². The molecule has 3 rings (SSSR count). The Bertz CT molecular complexity index is 1080. The molecule has 2 atom stereocenters. The number of carboxylic acids is 1. The van der Waals surface area contributed by atoms with Crippen molar-refractivity contribution in [2.24, 2.45) is 0 Å². The van der Waals surface area contributed by atoms with Gasteiger partial charge in [0.1, 0.15) is 12.1 Å². The average molecular weight is 488 g/mol. The first-order valence-corrected chi connectivity index (χ1v) is 11.1. The van der Waals surface area contributed by atoms with Gasteiger partial charge in [-0.15, -0.1) is 0 Å². The normalized spacial score (nSPS) is 16.1. The van der Waals surface area contributed by atoms with E-state index in [-0.39, 0.29) is 36.1 Å². The van der Waals surface area contributed by atoms with Crippen molar-refractivity contribution in [1.29, 1.82) is 0 Å². The zero-order valence-corrected chi connectivity index (χ0v) is 19.6. The van der Waals surface area contributed by atoms with Crippen molar-refractivity contribution in [2.45, 2.75) is 37.9 Å². The Kier molecular flexibility index (Phi) is 8.12. The molecule has 1 aliphatic heterocycles. The van der Waals surface area contributed by atoms with Crippen LogP contribution in [0.25, 0.3) is 0 Å². The maximum atomic E-state index is 12.9. The molecule has 0 radical (unpaired) electrons. The van der Waals surface area contributed by atoms with Crippen LogP contribution in [-0.4, -0.2) is 65.0 Å². The fourth-order valence-corrected chi connectivity index (χ4v) is 3.87. The summed E-state index contributed by atoms with van der Waals surface area (Å²) < 4.78 is 5.15. The molecule has 3 amide bonds. The Morgan fingerprint density at radius 2 is 1.88 bits per heavy atom. The van der Waals surface area contributed by atoms with Crippen molar-refractivity contribution in [3.8, 4) is 5.75 Å². The predicted octanol–water partition coefficient (Wildman–Crippen LogP) is 2.70. The third-order valence-corrected chi connectivity index (χ3v) is 5.74. The molecule has 0 saturated carbocycles. The highest BCUT2D eigenvalue weighted by Crippen LogP contribution is 2.27. The lowest BCUT2D eigenvalue weighted by molar-refractivity contribution is -0.143. The van der Waals surface area contributed by atoms with Crippen LogP contribution in [0.1, 0.15) is 24.0 Å². The number of amides is 3. The highest BCUT2D eigenvalue weighted by atomic mass is 35.5. The molecule has 10 heteroatoms. The van der Waals surface area contributed by atoms with Crippen molar-refractivity contribution < 1.29 is 29.0 Å². The predicted molar refractivity (Wildman–Crippen MR) is 124 cm³/mol. The molecule has 1 heterocycles. The van der Waals surface area contributed by atoms with E-state index in [0.29, 0.717) is 12.0 Å². The van der Waals surface area contributed by atoms with E-state index in [9.17, 15) is 24.3 Å². The van der Waals surface area contributed by atoms with Gasteiger partial charge in [0.15, 0.2) is 5.75 Å². The van der Waals surface area contributed by atoms with Gasteiger partial charge < -0.3 is 25.0 Å². The van der Waals surface area contributed by atoms with Crippen LogP contribution in [0, 0.1) is 0 Å². The molecular formula is C24H26ClN3O6. The van der Waals surface area contributed by atoms with Crippen LogP contribution in [0.15, 0.2) is 48.5 Å². The number of aliphatic carboxylic acids is 1. The van der Waals surface area contributed by atoms with Gasteiger partial charge in [0.25, 0.3) is 0 Å². The van der Waals surface area contributed by atoms with Crippen molar-refractivity contribution in [2.75, 3.05) is 14.1 Å². The topological polar surface area (TPSA) is 116 Å². The minimum absolute atomic E-state index is 0.0396. The molecule has 2 aromatic rings. The van der Waals surface area contributed by atoms with Gasteiger partial charge in [-0.3, -0.25) is 9.59 Å². The van der Waals surface area contributed by atoms with Gasteiger partial charge in [-0.2, -0.15) is 0 Å². The Labute approximate surface area is 202 Å². The highest BCUT2D eigenvalue weighted by molar-refractivity contribution is 6.32. The van der Waals surface area contributed by atoms with Gasteiger partial charge in [-0.1, -0.05) is 48.0 Å². The highest BCUT2D eigenvalue weighted by Gasteiger charge is 2.37. The second-order valence-corrected chi connectivity index (χ2v) is 8.60. The smallest absolute Gasteiger partial charge is 0.414 e. The van der Waals surface area contributed by atoms with Gasteiger partial charge >= 0.3 is 12.1 Å². The zero-order valence-electron chi connectivity index (χ0n) is 18.9. The maximum Gasteiger partial charge on any atom is 0.414 e. The van der Waals surface area contributed by atoms with E-state index in [1.165, 1.54) is 36.0 Å². The standard InChI is InChI=1S/C24H26ClN3O6/c1-27(2)24(33)34-20-10-8-16(12-17(20)25)13-18(23(31)32)26-22(30)19-9-11-21(29)28(19)14-15-6-4-3-5-7-15/h3-8,10,12,18-19H,9,11,13-14H2,1-2H3,(H,26,30)(H,31,32)/t18-,19-/m0/s1. The third kappa shape index (κ3) is 6.26. The second-order valence-electron chi connectivity index (χ2n) is 8.19. The first-order valence-electron chi connectivity index (χ1n) is 10.7. The lowest BCUT2D eigenvalue weighted by Crippen LogP contribution is -2.50. The summed E-state index contributed by atoms with van der Waals surface area (Å²) in [5.41, 5.74) is 1.42. The number of carboxylic acid groups (broad SMARTS) is 1. The van der Waals surface area contributed by atoms with Crippen molar-refractivity contribution in [1.82, 2.24) is 15.1 Å². The van der Waals surface area contributed by atoms with Gasteiger partial charge in [0, 0.05) is 33.5 Å². The van der Waals surface area contributed by atoms with Gasteiger partial charge in [0.2, 0.25) is 11.8 Å². The first-order chi connectivity index (χ1) is 16.2. The minimum Gasteiger partial charge on any atom is -0.480 e. The molecular weight excluding hydrogens is 462 g/mol. The van der Waals surface area contributed by atoms with E-state index < -0.39 is 30.1 Å². The molecule has 180 valence electrons. The molecule has 2 N–H and O–H groups in total. The van der Waals surface area contributed by atoms with Crippen molar-refractivity contribution in [3.63, 3.8) is 0 Å². The summed E-state index contributed by atoms with van der Waals surface area (Å²) in [7, 11) is 3.06. The second kappa shape index (κ2) is 11.0. The summed E-state index contributed by atoms with van der Waals surface area (Å²) in [6.45, 7) is 0.276. The molecule has 0 aliphatic carbocycles. The van der Waals surface area contributed by atoms with Crippen LogP contribution in [0.2, 0.25) is 5.02 Å². The minimum atomic E-state index is -1.23. The Balaban J connectivity index is 1.68. The van der Waals surface area contributed by atoms with Crippen LogP contribution in [-0.2, 0) is 27.3 Å². The number of benzene rings is 2. The number of rotatable bonds is 8. The summed E-state index contributed by atoms with van der Waals surface area (Å²) in [5, 5.41) is 12.4. The van der Waals surface area contributed by atoms with Gasteiger partial charge in [0.05, 0.1) is 5.02 Å². The van der Waals surface area contributed by atoms with E-state index in [0.717, 1.165) is 5.56 Å². The fraction of sp³-hybridized carbons (Fsp3) is 0.333. The Hall–Kier alpha value is -3.59. The third-order valence-electron chi connectivity index (χ3n) is 5.44. The molecule has 9 nitrogen and oxygen atoms in total. The SMILES string of the molecule is CN(C)C(=O)Oc1ccc(C[C@H](NC(=O)[C@@H]2CCC(=O)N2Cc2ccccc2)C(=O)O)cc1Cl. The lowest BCUT2D eigenvalue weighted by Gasteiger charge is -2.26. The number of nitrogens with zero attached hydrogens (tertiary/aromatic N) is 2. The molecule has 0 bridgehead atoms. The number of nitrogens with one attached hydrogen (secondary N) is 1. The number of carbonyl (C=O) groups excluding carboxylic acids is 3. The van der Waals surface area contributed by atoms with Crippen LogP contribution < -0.4 is 10.1 Å². The first kappa shape index (κ1) is 25.0. The van der Waals surface area contributed by atoms with Crippen LogP contribution >= 0.6 is 11.6 Å². The molecule has 0 unspecified atom stereocenters. The number of likely N-dealkylation sites (tertiary alicyclic amines) is 1. The summed E-state index contributed by atoms with van der Waals surface area (Å²) in [5.74, 6) is -1.74. The maximum absolute atomic E-state index is 12.9. The van der Waals surface area contributed by atoms with Crippen molar-refractivity contribution in [3.05, 3.63) is 64.7 Å². The quantitative estimate of drug-likeness (QED) is 0.591. The molecule has 1 aliphatic rings. The van der Waals surface area contributed by atoms with E-state index >= 15 is 0 Å². The molecule has 1 fully saturated rings. The number of ether oxygens (including phenoxy) is 1. The van der Waals surface area contributed by atoms with Crippen LogP contribution in [0.5, 0.6) is 5.75 Å². The summed E-state index contributed by atoms with van der Waals surface area (Å²) in [4.78, 5) is 51.6. The molecule has 1 saturated heterocycles. The van der Waals surface area contributed by atoms with Gasteiger partial charge in [-0.05, 0) is 29.7 Å². The fourth-order valence-electron chi connectivity index (χ4n) is 3.63. The van der Waals surface area contributed by atoms with Crippen LogP contribution in [0.4, 0.5) is 4.79 Å². The monoisotopic (exact) mass is 487 g/mol. The van der Waals surface area contributed by atoms with E-state index in [1.54, 1.807) is 6.07 Å². The van der Waals surface area contributed by atoms with E-state index in [2.05, 4.69) is 5.32 Å². The van der Waals surface area contributed by atoms with E-state index in [1.807, 2.05) is 30.3 Å². The Morgan fingerprint density at radius 3 is 2.50 bits per heavy atom. The molecule has 0 aromatic heterocycles. The van der Waals surface area contributed by atoms with Crippen LogP contribution in [0.3, 0.4) is 0 Å². The molecule has 34 heavy (non-hydrogen) atoms. The zero-order chi connectivity index (χ0) is 24.8. The summed E-state index contributed by atoms with van der Waals surface area (Å²) in [6.07, 6.45) is -0.0915. The van der Waals surface area contributed by atoms with E-state index in [4.69, 9.17) is 16.3 Å². The molecule has 2 aromatic carbocycles. The number of halogens is 1. The number of hydrogen-bond acceptors (Lipinski definition) is 5. The largest absolute Gasteiger partial charge is 0.480 e. The summed E-state index contributed by atoms with van der Waals surface area (Å²) in [6, 6.07) is 11.9.